The lowest BCUT2D eigenvalue weighted by molar-refractivity contribution is -0.0598. The van der Waals surface area contributed by atoms with E-state index < -0.39 is 0 Å². The van der Waals surface area contributed by atoms with Gasteiger partial charge in [0.2, 0.25) is 0 Å². The molecule has 0 heterocycles. The number of nitrogens with zero attached hydrogens (tertiary/aromatic N) is 1. The Bertz CT molecular complexity index is 407. The number of carbonyl (C=O) groups is 1. The highest BCUT2D eigenvalue weighted by molar-refractivity contribution is 6.31. The van der Waals surface area contributed by atoms with Crippen molar-refractivity contribution in [2.75, 3.05) is 19.5 Å². The van der Waals surface area contributed by atoms with Gasteiger partial charge in [0.1, 0.15) is 0 Å². The molecule has 0 radical (unpaired) electrons. The monoisotopic (exact) mass is 256 g/mol. The van der Waals surface area contributed by atoms with Crippen LogP contribution in [0.25, 0.3) is 0 Å². The van der Waals surface area contributed by atoms with Crippen LogP contribution in [-0.4, -0.2) is 25.3 Å². The molecule has 1 rings (SSSR count). The molecule has 1 aromatic carbocycles. The molecule has 0 aromatic heterocycles. The lowest BCUT2D eigenvalue weighted by Gasteiger charge is -2.15. The number of amides is 2. The zero-order valence-corrected chi connectivity index (χ0v) is 11.2. The van der Waals surface area contributed by atoms with Crippen LogP contribution in [0.1, 0.15) is 25.3 Å². The predicted octanol–water partition coefficient (Wildman–Crippen LogP) is 3.49. The van der Waals surface area contributed by atoms with Gasteiger partial charge in [-0.25, -0.2) is 9.86 Å². The molecule has 1 N–H and O–H groups in total. The van der Waals surface area contributed by atoms with E-state index in [0.29, 0.717) is 16.6 Å². The van der Waals surface area contributed by atoms with Crippen LogP contribution in [-0.2, 0) is 4.84 Å². The van der Waals surface area contributed by atoms with Gasteiger partial charge in [-0.3, -0.25) is 4.84 Å². The number of hydrogen-bond acceptors (Lipinski definition) is 2. The molecule has 0 aliphatic heterocycles. The van der Waals surface area contributed by atoms with Crippen molar-refractivity contribution in [3.8, 4) is 0 Å². The van der Waals surface area contributed by atoms with Gasteiger partial charge in [0.05, 0.1) is 7.11 Å². The predicted molar refractivity (Wildman–Crippen MR) is 69.3 cm³/mol. The second kappa shape index (κ2) is 5.89. The van der Waals surface area contributed by atoms with Crippen molar-refractivity contribution >= 4 is 23.3 Å². The highest BCUT2D eigenvalue weighted by Gasteiger charge is 2.10. The van der Waals surface area contributed by atoms with Gasteiger partial charge in [-0.05, 0) is 23.6 Å². The number of rotatable bonds is 3. The lowest BCUT2D eigenvalue weighted by Crippen LogP contribution is -2.30. The Hall–Kier alpha value is -1.26. The van der Waals surface area contributed by atoms with Gasteiger partial charge >= 0.3 is 6.03 Å². The molecule has 0 saturated heterocycles. The Morgan fingerprint density at radius 2 is 2.12 bits per heavy atom. The van der Waals surface area contributed by atoms with Crippen molar-refractivity contribution in [1.29, 1.82) is 0 Å². The van der Waals surface area contributed by atoms with Gasteiger partial charge in [-0.15, -0.1) is 0 Å². The van der Waals surface area contributed by atoms with Crippen molar-refractivity contribution in [3.05, 3.63) is 28.8 Å². The molecule has 4 nitrogen and oxygen atoms in total. The fourth-order valence-corrected chi connectivity index (χ4v) is 1.76. The van der Waals surface area contributed by atoms with E-state index in [1.165, 1.54) is 14.2 Å². The van der Waals surface area contributed by atoms with Crippen LogP contribution < -0.4 is 5.32 Å². The summed E-state index contributed by atoms with van der Waals surface area (Å²) in [7, 11) is 2.95. The van der Waals surface area contributed by atoms with Crippen molar-refractivity contribution in [3.63, 3.8) is 0 Å². The maximum Gasteiger partial charge on any atom is 0.345 e. The number of nitrogens with one attached hydrogen (secondary N) is 1. The van der Waals surface area contributed by atoms with Gasteiger partial charge in [-0.2, -0.15) is 0 Å². The molecular weight excluding hydrogens is 240 g/mol. The molecule has 0 spiro atoms. The van der Waals surface area contributed by atoms with E-state index >= 15 is 0 Å². The standard InChI is InChI=1S/C12H17ClN2O2/c1-8(2)10-6-5-9(7-11(10)13)14-12(16)15(3)17-4/h5-8H,1-4H3,(H,14,16). The summed E-state index contributed by atoms with van der Waals surface area (Å²) in [6.07, 6.45) is 0. The average Bonchev–Trinajstić information content (AvgIpc) is 2.27. The number of carbonyl (C=O) groups excluding carboxylic acids is 1. The first-order valence-electron chi connectivity index (χ1n) is 5.34. The maximum atomic E-state index is 11.5. The minimum atomic E-state index is -0.346. The first kappa shape index (κ1) is 13.8. The quantitative estimate of drug-likeness (QED) is 0.841. The number of hydrogen-bond donors (Lipinski definition) is 1. The van der Waals surface area contributed by atoms with Crippen LogP contribution in [0.4, 0.5) is 10.5 Å². The SMILES string of the molecule is CON(C)C(=O)Nc1ccc(C(C)C)c(Cl)c1. The summed E-state index contributed by atoms with van der Waals surface area (Å²) in [5.41, 5.74) is 1.71. The Morgan fingerprint density at radius 3 is 2.59 bits per heavy atom. The second-order valence-corrected chi connectivity index (χ2v) is 4.41. The van der Waals surface area contributed by atoms with Gasteiger partial charge in [-0.1, -0.05) is 31.5 Å². The van der Waals surface area contributed by atoms with Gasteiger partial charge in [0.25, 0.3) is 0 Å². The Kier molecular flexibility index (Phi) is 4.78. The fourth-order valence-electron chi connectivity index (χ4n) is 1.36. The molecule has 17 heavy (non-hydrogen) atoms. The van der Waals surface area contributed by atoms with E-state index in [1.807, 2.05) is 12.1 Å². The molecule has 0 fully saturated rings. The maximum absolute atomic E-state index is 11.5. The number of urea groups is 1. The molecule has 0 aliphatic rings. The summed E-state index contributed by atoms with van der Waals surface area (Å²) in [6.45, 7) is 4.14. The Morgan fingerprint density at radius 1 is 1.47 bits per heavy atom. The van der Waals surface area contributed by atoms with Gasteiger partial charge in [0.15, 0.2) is 0 Å². The number of hydroxylamine groups is 2. The number of halogens is 1. The minimum absolute atomic E-state index is 0.346. The second-order valence-electron chi connectivity index (χ2n) is 4.00. The van der Waals surface area contributed by atoms with Crippen LogP contribution in [0.15, 0.2) is 18.2 Å². The largest absolute Gasteiger partial charge is 0.345 e. The minimum Gasteiger partial charge on any atom is -0.306 e. The van der Waals surface area contributed by atoms with Gasteiger partial charge in [0, 0.05) is 17.8 Å². The summed E-state index contributed by atoms with van der Waals surface area (Å²) < 4.78 is 0. The molecule has 0 aliphatic carbocycles. The molecule has 94 valence electrons. The third-order valence-electron chi connectivity index (χ3n) is 2.43. The third kappa shape index (κ3) is 3.61. The molecule has 0 saturated carbocycles. The molecule has 0 atom stereocenters. The molecule has 0 unspecified atom stereocenters. The summed E-state index contributed by atoms with van der Waals surface area (Å²) >= 11 is 6.13. The highest BCUT2D eigenvalue weighted by atomic mass is 35.5. The number of anilines is 1. The topological polar surface area (TPSA) is 41.6 Å². The van der Waals surface area contributed by atoms with E-state index in [-0.39, 0.29) is 6.03 Å². The summed E-state index contributed by atoms with van der Waals surface area (Å²) in [5, 5.41) is 4.43. The first-order chi connectivity index (χ1) is 7.95. The van der Waals surface area contributed by atoms with Crippen LogP contribution in [0.5, 0.6) is 0 Å². The van der Waals surface area contributed by atoms with Crippen LogP contribution >= 0.6 is 11.6 Å². The zero-order valence-electron chi connectivity index (χ0n) is 10.5. The van der Waals surface area contributed by atoms with Gasteiger partial charge < -0.3 is 5.32 Å². The normalized spacial score (nSPS) is 10.5. The van der Waals surface area contributed by atoms with E-state index in [4.69, 9.17) is 16.4 Å². The summed E-state index contributed by atoms with van der Waals surface area (Å²) in [4.78, 5) is 16.3. The van der Waals surface area contributed by atoms with E-state index in [0.717, 1.165) is 10.6 Å². The van der Waals surface area contributed by atoms with Crippen LogP contribution in [0.2, 0.25) is 5.02 Å². The van der Waals surface area contributed by atoms with Crippen LogP contribution in [0, 0.1) is 0 Å². The van der Waals surface area contributed by atoms with Crippen LogP contribution in [0.3, 0.4) is 0 Å². The smallest absolute Gasteiger partial charge is 0.306 e. The fraction of sp³-hybridized carbons (Fsp3) is 0.417. The van der Waals surface area contributed by atoms with E-state index in [1.54, 1.807) is 6.07 Å². The van der Waals surface area contributed by atoms with E-state index in [9.17, 15) is 4.79 Å². The molecule has 5 heteroatoms. The van der Waals surface area contributed by atoms with Crippen molar-refractivity contribution in [1.82, 2.24) is 5.06 Å². The third-order valence-corrected chi connectivity index (χ3v) is 2.76. The van der Waals surface area contributed by atoms with Crippen molar-refractivity contribution in [2.45, 2.75) is 19.8 Å². The lowest BCUT2D eigenvalue weighted by atomic mass is 10.0. The Labute approximate surface area is 106 Å². The zero-order chi connectivity index (χ0) is 13.0. The molecule has 2 amide bonds. The average molecular weight is 257 g/mol. The van der Waals surface area contributed by atoms with E-state index in [2.05, 4.69) is 19.2 Å². The summed E-state index contributed by atoms with van der Waals surface area (Å²) in [6, 6.07) is 5.12. The highest BCUT2D eigenvalue weighted by Crippen LogP contribution is 2.27. The summed E-state index contributed by atoms with van der Waals surface area (Å²) in [5.74, 6) is 0.355. The molecular formula is C12H17ClN2O2. The Balaban J connectivity index is 2.81. The van der Waals surface area contributed by atoms with Crippen molar-refractivity contribution in [2.24, 2.45) is 0 Å². The van der Waals surface area contributed by atoms with Crippen molar-refractivity contribution < 1.29 is 9.63 Å². The first-order valence-corrected chi connectivity index (χ1v) is 5.71. The number of benzene rings is 1. The molecule has 0 bridgehead atoms. The molecule has 1 aromatic rings.